The van der Waals surface area contributed by atoms with Crippen LogP contribution in [0.3, 0.4) is 0 Å². The van der Waals surface area contributed by atoms with Crippen LogP contribution in [-0.2, 0) is 18.4 Å². The monoisotopic (exact) mass is 333 g/mol. The maximum Gasteiger partial charge on any atom is 0.323 e. The van der Waals surface area contributed by atoms with E-state index in [1.54, 1.807) is 17.8 Å². The molecule has 0 unspecified atom stereocenters. The predicted molar refractivity (Wildman–Crippen MR) is 86.1 cm³/mol. The van der Waals surface area contributed by atoms with Gasteiger partial charge in [0, 0.05) is 19.3 Å². The molecule has 0 aliphatic heterocycles. The maximum absolute atomic E-state index is 13.0. The summed E-state index contributed by atoms with van der Waals surface area (Å²) in [6.45, 7) is 3.58. The number of rotatable bonds is 6. The highest BCUT2D eigenvalue weighted by atomic mass is 19.1. The van der Waals surface area contributed by atoms with Gasteiger partial charge in [0.05, 0.1) is 0 Å². The van der Waals surface area contributed by atoms with Crippen molar-refractivity contribution in [3.63, 3.8) is 0 Å². The predicted octanol–water partition coefficient (Wildman–Crippen LogP) is 2.41. The number of aryl methyl sites for hydroxylation is 1. The van der Waals surface area contributed by atoms with Crippen molar-refractivity contribution in [2.75, 3.05) is 6.54 Å². The Hall–Kier alpha value is -2.70. The number of carboxylic acid groups (broad SMARTS) is 1. The van der Waals surface area contributed by atoms with E-state index in [4.69, 9.17) is 5.11 Å². The van der Waals surface area contributed by atoms with Gasteiger partial charge in [-0.25, -0.2) is 4.39 Å². The number of carboxylic acids is 1. The molecule has 1 heterocycles. The lowest BCUT2D eigenvalue weighted by Crippen LogP contribution is -2.35. The van der Waals surface area contributed by atoms with Gasteiger partial charge in [-0.3, -0.25) is 14.3 Å². The number of nitrogens with zero attached hydrogens (tertiary/aromatic N) is 3. The summed E-state index contributed by atoms with van der Waals surface area (Å²) in [7, 11) is 1.74. The summed E-state index contributed by atoms with van der Waals surface area (Å²) >= 11 is 0. The standard InChI is InChI=1S/C17H20FN3O3/c1-11(2)15-8-14(19-20(15)3)17(24)21(10-16(22)23)9-12-4-6-13(18)7-5-12/h4-8,11H,9-10H2,1-3H3,(H,22,23). The minimum atomic E-state index is -1.12. The molecule has 0 aliphatic rings. The number of aliphatic carboxylic acids is 1. The van der Waals surface area contributed by atoms with E-state index < -0.39 is 18.4 Å². The molecule has 1 aromatic heterocycles. The van der Waals surface area contributed by atoms with Crippen LogP contribution in [0.5, 0.6) is 0 Å². The molecule has 128 valence electrons. The lowest BCUT2D eigenvalue weighted by Gasteiger charge is -2.19. The van der Waals surface area contributed by atoms with E-state index >= 15 is 0 Å². The molecule has 0 bridgehead atoms. The van der Waals surface area contributed by atoms with E-state index in [0.717, 1.165) is 5.69 Å². The van der Waals surface area contributed by atoms with Crippen molar-refractivity contribution in [3.05, 3.63) is 53.1 Å². The largest absolute Gasteiger partial charge is 0.480 e. The molecule has 2 rings (SSSR count). The SMILES string of the molecule is CC(C)c1cc(C(=O)N(CC(=O)O)Cc2ccc(F)cc2)nn1C. The molecule has 1 aromatic carbocycles. The zero-order chi connectivity index (χ0) is 17.9. The fraction of sp³-hybridized carbons (Fsp3) is 0.353. The molecule has 0 aliphatic carbocycles. The van der Waals surface area contributed by atoms with E-state index in [1.165, 1.54) is 29.2 Å². The van der Waals surface area contributed by atoms with Gasteiger partial charge in [-0.05, 0) is 29.7 Å². The molecular formula is C17H20FN3O3. The van der Waals surface area contributed by atoms with Crippen molar-refractivity contribution in [2.45, 2.75) is 26.3 Å². The van der Waals surface area contributed by atoms with Crippen molar-refractivity contribution in [1.29, 1.82) is 0 Å². The van der Waals surface area contributed by atoms with Crippen LogP contribution in [0.15, 0.2) is 30.3 Å². The number of hydrogen-bond acceptors (Lipinski definition) is 3. The highest BCUT2D eigenvalue weighted by Crippen LogP contribution is 2.17. The van der Waals surface area contributed by atoms with Crippen LogP contribution in [0, 0.1) is 5.82 Å². The van der Waals surface area contributed by atoms with E-state index in [2.05, 4.69) is 5.10 Å². The molecular weight excluding hydrogens is 313 g/mol. The Morgan fingerprint density at radius 2 is 1.92 bits per heavy atom. The van der Waals surface area contributed by atoms with Gasteiger partial charge in [-0.2, -0.15) is 5.10 Å². The normalized spacial score (nSPS) is 10.9. The molecule has 0 fully saturated rings. The number of halogens is 1. The second kappa shape index (κ2) is 7.25. The summed E-state index contributed by atoms with van der Waals surface area (Å²) in [6, 6.07) is 7.27. The van der Waals surface area contributed by atoms with Gasteiger partial charge in [-0.1, -0.05) is 26.0 Å². The Morgan fingerprint density at radius 3 is 2.42 bits per heavy atom. The Kier molecular flexibility index (Phi) is 5.33. The number of carbonyl (C=O) groups excluding carboxylic acids is 1. The first-order chi connectivity index (χ1) is 11.3. The summed E-state index contributed by atoms with van der Waals surface area (Å²) in [5, 5.41) is 13.3. The van der Waals surface area contributed by atoms with Crippen LogP contribution in [0.1, 0.15) is 41.5 Å². The highest BCUT2D eigenvalue weighted by Gasteiger charge is 2.23. The number of benzene rings is 1. The van der Waals surface area contributed by atoms with Crippen molar-refractivity contribution in [3.8, 4) is 0 Å². The van der Waals surface area contributed by atoms with Crippen LogP contribution >= 0.6 is 0 Å². The van der Waals surface area contributed by atoms with E-state index in [0.29, 0.717) is 5.56 Å². The first-order valence-electron chi connectivity index (χ1n) is 7.57. The molecule has 0 saturated heterocycles. The lowest BCUT2D eigenvalue weighted by molar-refractivity contribution is -0.137. The van der Waals surface area contributed by atoms with Gasteiger partial charge in [-0.15, -0.1) is 0 Å². The second-order valence-corrected chi connectivity index (χ2v) is 5.91. The molecule has 1 N–H and O–H groups in total. The van der Waals surface area contributed by atoms with Crippen molar-refractivity contribution < 1.29 is 19.1 Å². The van der Waals surface area contributed by atoms with Crippen LogP contribution in [0.2, 0.25) is 0 Å². The topological polar surface area (TPSA) is 75.4 Å². The molecule has 0 saturated carbocycles. The van der Waals surface area contributed by atoms with Crippen LogP contribution in [-0.4, -0.2) is 38.2 Å². The number of carbonyl (C=O) groups is 2. The molecule has 0 spiro atoms. The van der Waals surface area contributed by atoms with Gasteiger partial charge in [0.2, 0.25) is 0 Å². The number of hydrogen-bond donors (Lipinski definition) is 1. The van der Waals surface area contributed by atoms with Gasteiger partial charge < -0.3 is 10.0 Å². The van der Waals surface area contributed by atoms with Crippen LogP contribution in [0.25, 0.3) is 0 Å². The summed E-state index contributed by atoms with van der Waals surface area (Å²) in [4.78, 5) is 24.9. The van der Waals surface area contributed by atoms with Crippen LogP contribution < -0.4 is 0 Å². The van der Waals surface area contributed by atoms with Crippen molar-refractivity contribution in [1.82, 2.24) is 14.7 Å². The van der Waals surface area contributed by atoms with Gasteiger partial charge in [0.1, 0.15) is 12.4 Å². The minimum absolute atomic E-state index is 0.0685. The van der Waals surface area contributed by atoms with Gasteiger partial charge in [0.15, 0.2) is 5.69 Å². The average molecular weight is 333 g/mol. The lowest BCUT2D eigenvalue weighted by atomic mass is 10.1. The summed E-state index contributed by atoms with van der Waals surface area (Å²) in [5.74, 6) is -1.79. The first kappa shape index (κ1) is 17.7. The quantitative estimate of drug-likeness (QED) is 0.881. The third kappa shape index (κ3) is 4.18. The fourth-order valence-corrected chi connectivity index (χ4v) is 2.46. The minimum Gasteiger partial charge on any atom is -0.480 e. The Morgan fingerprint density at radius 1 is 1.29 bits per heavy atom. The number of aromatic nitrogens is 2. The summed E-state index contributed by atoms with van der Waals surface area (Å²) in [6.07, 6.45) is 0. The summed E-state index contributed by atoms with van der Waals surface area (Å²) < 4.78 is 14.6. The Balaban J connectivity index is 2.26. The third-order valence-electron chi connectivity index (χ3n) is 3.63. The third-order valence-corrected chi connectivity index (χ3v) is 3.63. The first-order valence-corrected chi connectivity index (χ1v) is 7.57. The molecule has 2 aromatic rings. The molecule has 0 radical (unpaired) electrons. The Bertz CT molecular complexity index is 738. The van der Waals surface area contributed by atoms with Crippen molar-refractivity contribution in [2.24, 2.45) is 7.05 Å². The zero-order valence-corrected chi connectivity index (χ0v) is 13.9. The molecule has 6 nitrogen and oxygen atoms in total. The highest BCUT2D eigenvalue weighted by molar-refractivity contribution is 5.94. The fourth-order valence-electron chi connectivity index (χ4n) is 2.46. The van der Waals surface area contributed by atoms with E-state index in [1.807, 2.05) is 13.8 Å². The summed E-state index contributed by atoms with van der Waals surface area (Å²) in [5.41, 5.74) is 1.73. The molecule has 0 atom stereocenters. The molecule has 24 heavy (non-hydrogen) atoms. The second-order valence-electron chi connectivity index (χ2n) is 5.91. The average Bonchev–Trinajstić information content (AvgIpc) is 2.90. The van der Waals surface area contributed by atoms with E-state index in [-0.39, 0.29) is 24.0 Å². The van der Waals surface area contributed by atoms with E-state index in [9.17, 15) is 14.0 Å². The number of amides is 1. The zero-order valence-electron chi connectivity index (χ0n) is 13.9. The Labute approximate surface area is 139 Å². The van der Waals surface area contributed by atoms with Crippen molar-refractivity contribution >= 4 is 11.9 Å². The smallest absolute Gasteiger partial charge is 0.323 e. The van der Waals surface area contributed by atoms with Crippen LogP contribution in [0.4, 0.5) is 4.39 Å². The molecule has 7 heteroatoms. The van der Waals surface area contributed by atoms with Gasteiger partial charge in [0.25, 0.3) is 5.91 Å². The van der Waals surface area contributed by atoms with Gasteiger partial charge >= 0.3 is 5.97 Å². The molecule has 1 amide bonds. The maximum atomic E-state index is 13.0.